The predicted molar refractivity (Wildman–Crippen MR) is 74.3 cm³/mol. The van der Waals surface area contributed by atoms with Crippen molar-refractivity contribution in [3.63, 3.8) is 0 Å². The summed E-state index contributed by atoms with van der Waals surface area (Å²) in [6, 6.07) is 16.4. The van der Waals surface area contributed by atoms with Crippen molar-refractivity contribution in [1.29, 1.82) is 0 Å². The van der Waals surface area contributed by atoms with Gasteiger partial charge in [-0.15, -0.1) is 0 Å². The first kappa shape index (κ1) is 11.7. The fourth-order valence-corrected chi connectivity index (χ4v) is 2.30. The minimum absolute atomic E-state index is 0.0306. The molecule has 3 rings (SSSR count). The molecule has 19 heavy (non-hydrogen) atoms. The molecule has 1 unspecified atom stereocenters. The van der Waals surface area contributed by atoms with Gasteiger partial charge >= 0.3 is 0 Å². The summed E-state index contributed by atoms with van der Waals surface area (Å²) in [6.07, 6.45) is 0.653. The number of benzene rings is 2. The highest BCUT2D eigenvalue weighted by Crippen LogP contribution is 2.33. The van der Waals surface area contributed by atoms with E-state index in [9.17, 15) is 4.39 Å². The van der Waals surface area contributed by atoms with Crippen LogP contribution in [-0.2, 0) is 0 Å². The summed E-state index contributed by atoms with van der Waals surface area (Å²) >= 11 is 0. The largest absolute Gasteiger partial charge is 0.386 e. The number of rotatable bonds is 2. The Hall–Kier alpha value is -2.36. The zero-order valence-electron chi connectivity index (χ0n) is 10.3. The molecule has 0 saturated carbocycles. The summed E-state index contributed by atoms with van der Waals surface area (Å²) in [7, 11) is 0. The normalized spacial score (nSPS) is 18.5. The third kappa shape index (κ3) is 2.29. The lowest BCUT2D eigenvalue weighted by molar-refractivity contribution is 0.624. The van der Waals surface area contributed by atoms with E-state index in [4.69, 9.17) is 5.73 Å². The van der Waals surface area contributed by atoms with Gasteiger partial charge in [-0.25, -0.2) is 4.39 Å². The zero-order valence-corrected chi connectivity index (χ0v) is 10.3. The van der Waals surface area contributed by atoms with Crippen LogP contribution >= 0.6 is 0 Å². The molecule has 0 saturated heterocycles. The molecule has 2 N–H and O–H groups in total. The maximum atomic E-state index is 13.0. The van der Waals surface area contributed by atoms with Gasteiger partial charge in [0.05, 0.1) is 11.7 Å². The second-order valence-electron chi connectivity index (χ2n) is 4.54. The van der Waals surface area contributed by atoms with Crippen molar-refractivity contribution >= 4 is 11.5 Å². The lowest BCUT2D eigenvalue weighted by atomic mass is 10.0. The first-order valence-electron chi connectivity index (χ1n) is 6.17. The molecule has 1 aliphatic heterocycles. The van der Waals surface area contributed by atoms with E-state index in [0.29, 0.717) is 12.3 Å². The molecule has 0 radical (unpaired) electrons. The highest BCUT2D eigenvalue weighted by molar-refractivity contribution is 5.85. The average molecular weight is 255 g/mol. The van der Waals surface area contributed by atoms with Crippen molar-refractivity contribution in [2.75, 3.05) is 5.01 Å². The molecule has 0 spiro atoms. The Balaban J connectivity index is 1.95. The van der Waals surface area contributed by atoms with E-state index < -0.39 is 0 Å². The van der Waals surface area contributed by atoms with Crippen LogP contribution in [0.15, 0.2) is 59.7 Å². The molecule has 0 aromatic heterocycles. The van der Waals surface area contributed by atoms with E-state index in [1.54, 1.807) is 12.1 Å². The quantitative estimate of drug-likeness (QED) is 0.896. The SMILES string of the molecule is NC1=NN(c2ccccc2)C(c2ccc(F)cc2)C1. The maximum absolute atomic E-state index is 13.0. The number of nitrogens with zero attached hydrogens (tertiary/aromatic N) is 2. The fourth-order valence-electron chi connectivity index (χ4n) is 2.30. The van der Waals surface area contributed by atoms with Crippen molar-refractivity contribution in [1.82, 2.24) is 0 Å². The summed E-state index contributed by atoms with van der Waals surface area (Å²) in [5.74, 6) is 0.361. The van der Waals surface area contributed by atoms with E-state index in [1.807, 2.05) is 35.3 Å². The molecule has 0 amide bonds. The van der Waals surface area contributed by atoms with E-state index in [2.05, 4.69) is 5.10 Å². The standard InChI is InChI=1S/C15H14FN3/c16-12-8-6-11(7-9-12)14-10-15(17)18-19(14)13-4-2-1-3-5-13/h1-9,14H,10H2,(H2,17,18). The molecule has 0 fully saturated rings. The molecule has 1 aliphatic rings. The van der Waals surface area contributed by atoms with Crippen LogP contribution in [0.3, 0.4) is 0 Å². The number of para-hydroxylation sites is 1. The van der Waals surface area contributed by atoms with E-state index in [0.717, 1.165) is 11.3 Å². The van der Waals surface area contributed by atoms with Crippen LogP contribution in [0.1, 0.15) is 18.0 Å². The summed E-state index contributed by atoms with van der Waals surface area (Å²) in [6.45, 7) is 0. The Morgan fingerprint density at radius 3 is 2.42 bits per heavy atom. The molecule has 0 bridgehead atoms. The van der Waals surface area contributed by atoms with Gasteiger partial charge in [0, 0.05) is 6.42 Å². The highest BCUT2D eigenvalue weighted by Gasteiger charge is 2.27. The number of amidine groups is 1. The molecule has 0 aliphatic carbocycles. The summed E-state index contributed by atoms with van der Waals surface area (Å²) in [5.41, 5.74) is 7.85. The van der Waals surface area contributed by atoms with Crippen LogP contribution < -0.4 is 10.7 Å². The summed E-state index contributed by atoms with van der Waals surface area (Å²) in [5, 5.41) is 6.26. The van der Waals surface area contributed by atoms with Crippen LogP contribution in [0, 0.1) is 5.82 Å². The third-order valence-corrected chi connectivity index (χ3v) is 3.21. The van der Waals surface area contributed by atoms with E-state index in [-0.39, 0.29) is 11.9 Å². The average Bonchev–Trinajstić information content (AvgIpc) is 2.83. The predicted octanol–water partition coefficient (Wildman–Crippen LogP) is 3.05. The first-order valence-corrected chi connectivity index (χ1v) is 6.17. The van der Waals surface area contributed by atoms with Gasteiger partial charge in [-0.05, 0) is 29.8 Å². The van der Waals surface area contributed by atoms with Gasteiger partial charge in [0.1, 0.15) is 11.7 Å². The second-order valence-corrected chi connectivity index (χ2v) is 4.54. The van der Waals surface area contributed by atoms with Crippen LogP contribution in [0.5, 0.6) is 0 Å². The first-order chi connectivity index (χ1) is 9.24. The maximum Gasteiger partial charge on any atom is 0.123 e. The molecular formula is C15H14FN3. The van der Waals surface area contributed by atoms with Gasteiger partial charge < -0.3 is 5.73 Å². The Morgan fingerprint density at radius 2 is 1.74 bits per heavy atom. The monoisotopic (exact) mass is 255 g/mol. The van der Waals surface area contributed by atoms with Gasteiger partial charge in [-0.2, -0.15) is 5.10 Å². The molecule has 2 aromatic carbocycles. The summed E-state index contributed by atoms with van der Waals surface area (Å²) in [4.78, 5) is 0. The molecule has 1 heterocycles. The van der Waals surface area contributed by atoms with Crippen LogP contribution in [0.25, 0.3) is 0 Å². The fraction of sp³-hybridized carbons (Fsp3) is 0.133. The second kappa shape index (κ2) is 4.72. The molecule has 2 aromatic rings. The Morgan fingerprint density at radius 1 is 1.05 bits per heavy atom. The van der Waals surface area contributed by atoms with Crippen molar-refractivity contribution < 1.29 is 4.39 Å². The smallest absolute Gasteiger partial charge is 0.123 e. The van der Waals surface area contributed by atoms with Gasteiger partial charge in [-0.1, -0.05) is 30.3 Å². The lowest BCUT2D eigenvalue weighted by Crippen LogP contribution is -2.18. The summed E-state index contributed by atoms with van der Waals surface area (Å²) < 4.78 is 13.0. The van der Waals surface area contributed by atoms with Crippen molar-refractivity contribution in [2.24, 2.45) is 10.8 Å². The van der Waals surface area contributed by atoms with Crippen molar-refractivity contribution in [2.45, 2.75) is 12.5 Å². The van der Waals surface area contributed by atoms with Gasteiger partial charge in [-0.3, -0.25) is 5.01 Å². The van der Waals surface area contributed by atoms with E-state index >= 15 is 0 Å². The van der Waals surface area contributed by atoms with Crippen molar-refractivity contribution in [3.8, 4) is 0 Å². The third-order valence-electron chi connectivity index (χ3n) is 3.21. The van der Waals surface area contributed by atoms with Crippen LogP contribution in [-0.4, -0.2) is 5.84 Å². The van der Waals surface area contributed by atoms with Gasteiger partial charge in [0.25, 0.3) is 0 Å². The van der Waals surface area contributed by atoms with Crippen molar-refractivity contribution in [3.05, 3.63) is 66.0 Å². The van der Waals surface area contributed by atoms with Gasteiger partial charge in [0.15, 0.2) is 0 Å². The molecule has 96 valence electrons. The van der Waals surface area contributed by atoms with Crippen LogP contribution in [0.4, 0.5) is 10.1 Å². The Labute approximate surface area is 111 Å². The highest BCUT2D eigenvalue weighted by atomic mass is 19.1. The minimum Gasteiger partial charge on any atom is -0.386 e. The Bertz CT molecular complexity index is 593. The number of halogens is 1. The number of hydrogen-bond acceptors (Lipinski definition) is 3. The number of nitrogens with two attached hydrogens (primary N) is 1. The molecular weight excluding hydrogens is 241 g/mol. The Kier molecular flexibility index (Phi) is 2.91. The van der Waals surface area contributed by atoms with Gasteiger partial charge in [0.2, 0.25) is 0 Å². The number of hydrazone groups is 1. The molecule has 1 atom stereocenters. The van der Waals surface area contributed by atoms with Crippen LogP contribution in [0.2, 0.25) is 0 Å². The lowest BCUT2D eigenvalue weighted by Gasteiger charge is -2.23. The minimum atomic E-state index is -0.234. The number of anilines is 1. The zero-order chi connectivity index (χ0) is 13.2. The van der Waals surface area contributed by atoms with E-state index in [1.165, 1.54) is 12.1 Å². The molecule has 3 nitrogen and oxygen atoms in total. The number of hydrogen-bond donors (Lipinski definition) is 1. The topological polar surface area (TPSA) is 41.6 Å². The molecule has 4 heteroatoms.